The highest BCUT2D eigenvalue weighted by Gasteiger charge is 2.36. The number of rotatable bonds is 3. The van der Waals surface area contributed by atoms with Gasteiger partial charge in [0.15, 0.2) is 10.4 Å². The number of benzene rings is 2. The summed E-state index contributed by atoms with van der Waals surface area (Å²) in [6.45, 7) is 2.02. The van der Waals surface area contributed by atoms with Gasteiger partial charge < -0.3 is 4.42 Å². The molecule has 1 amide bonds. The lowest BCUT2D eigenvalue weighted by molar-refractivity contribution is 0.0677. The van der Waals surface area contributed by atoms with Crippen LogP contribution in [0.5, 0.6) is 0 Å². The number of carbonyl (C=O) groups is 1. The van der Waals surface area contributed by atoms with E-state index in [-0.39, 0.29) is 11.7 Å². The summed E-state index contributed by atoms with van der Waals surface area (Å²) in [7, 11) is 0. The zero-order valence-electron chi connectivity index (χ0n) is 16.5. The van der Waals surface area contributed by atoms with E-state index in [0.29, 0.717) is 16.2 Å². The van der Waals surface area contributed by atoms with Crippen molar-refractivity contribution in [2.24, 2.45) is 5.10 Å². The summed E-state index contributed by atoms with van der Waals surface area (Å²) in [5.74, 6) is -0.128. The van der Waals surface area contributed by atoms with E-state index in [0.717, 1.165) is 33.3 Å². The minimum Gasteiger partial charge on any atom is -0.444 e. The van der Waals surface area contributed by atoms with Crippen molar-refractivity contribution in [2.75, 3.05) is 0 Å². The van der Waals surface area contributed by atoms with E-state index >= 15 is 0 Å². The monoisotopic (exact) mass is 493 g/mol. The lowest BCUT2D eigenvalue weighted by Gasteiger charge is -2.22. The number of carbonyl (C=O) groups excluding carboxylic acids is 1. The highest BCUT2D eigenvalue weighted by Crippen LogP contribution is 2.38. The molecule has 0 fully saturated rings. The molecule has 2 aromatic heterocycles. The van der Waals surface area contributed by atoms with Crippen LogP contribution in [0.25, 0.3) is 10.9 Å². The fourth-order valence-electron chi connectivity index (χ4n) is 3.79. The van der Waals surface area contributed by atoms with Gasteiger partial charge >= 0.3 is 5.91 Å². The Morgan fingerprint density at radius 2 is 1.94 bits per heavy atom. The summed E-state index contributed by atoms with van der Waals surface area (Å²) in [6.07, 6.45) is 0.524. The van der Waals surface area contributed by atoms with Crippen LogP contribution in [0.2, 0.25) is 5.15 Å². The standard InChI is InChI=1S/C24H17BrClN3O2/c1-14-7-8-16-12-17(23(26)27-18(16)11-14)20-13-19(15-5-3-2-4-6-15)28-29(20)24(30)21-9-10-22(25)31-21/h2-12,20H,13H2,1H3. The third-order valence-corrected chi connectivity index (χ3v) is 6.05. The van der Waals surface area contributed by atoms with Gasteiger partial charge in [0.2, 0.25) is 0 Å². The number of halogens is 2. The van der Waals surface area contributed by atoms with E-state index in [4.69, 9.17) is 16.0 Å². The third kappa shape index (κ3) is 3.77. The first-order valence-corrected chi connectivity index (χ1v) is 11.0. The maximum atomic E-state index is 13.3. The van der Waals surface area contributed by atoms with Crippen LogP contribution in [0.1, 0.15) is 39.7 Å². The topological polar surface area (TPSA) is 58.7 Å². The summed E-state index contributed by atoms with van der Waals surface area (Å²) in [4.78, 5) is 17.9. The number of aromatic nitrogens is 1. The molecular weight excluding hydrogens is 478 g/mol. The molecule has 0 spiro atoms. The Morgan fingerprint density at radius 3 is 2.68 bits per heavy atom. The van der Waals surface area contributed by atoms with Gasteiger partial charge in [0.05, 0.1) is 17.3 Å². The smallest absolute Gasteiger partial charge is 0.310 e. The van der Waals surface area contributed by atoms with Crippen molar-refractivity contribution in [2.45, 2.75) is 19.4 Å². The number of nitrogens with zero attached hydrogens (tertiary/aromatic N) is 3. The minimum atomic E-state index is -0.391. The van der Waals surface area contributed by atoms with Crippen molar-refractivity contribution in [3.05, 3.63) is 99.0 Å². The maximum absolute atomic E-state index is 13.3. The van der Waals surface area contributed by atoms with Crippen LogP contribution in [0.15, 0.2) is 80.9 Å². The minimum absolute atomic E-state index is 0.204. The number of pyridine rings is 1. The molecule has 1 aliphatic heterocycles. The van der Waals surface area contributed by atoms with Gasteiger partial charge in [-0.2, -0.15) is 5.10 Å². The zero-order chi connectivity index (χ0) is 21.5. The Morgan fingerprint density at radius 1 is 1.13 bits per heavy atom. The van der Waals surface area contributed by atoms with Gasteiger partial charge in [0.25, 0.3) is 0 Å². The summed E-state index contributed by atoms with van der Waals surface area (Å²) >= 11 is 9.88. The zero-order valence-corrected chi connectivity index (χ0v) is 18.9. The van der Waals surface area contributed by atoms with E-state index in [2.05, 4.69) is 26.0 Å². The molecule has 1 aliphatic rings. The normalized spacial score (nSPS) is 16.0. The second-order valence-electron chi connectivity index (χ2n) is 7.45. The average molecular weight is 495 g/mol. The molecule has 154 valence electrons. The van der Waals surface area contributed by atoms with Gasteiger partial charge in [-0.3, -0.25) is 4.79 Å². The fraction of sp³-hybridized carbons (Fsp3) is 0.125. The fourth-order valence-corrected chi connectivity index (χ4v) is 4.37. The number of hydrogen-bond donors (Lipinski definition) is 0. The quantitative estimate of drug-likeness (QED) is 0.304. The molecule has 31 heavy (non-hydrogen) atoms. The summed E-state index contributed by atoms with van der Waals surface area (Å²) in [5, 5.41) is 7.46. The predicted octanol–water partition coefficient (Wildman–Crippen LogP) is 6.54. The second-order valence-corrected chi connectivity index (χ2v) is 8.59. The van der Waals surface area contributed by atoms with Crippen molar-refractivity contribution in [1.29, 1.82) is 0 Å². The van der Waals surface area contributed by atoms with Gasteiger partial charge in [-0.25, -0.2) is 9.99 Å². The first-order chi connectivity index (χ1) is 15.0. The molecule has 1 atom stereocenters. The van der Waals surface area contributed by atoms with Gasteiger partial charge in [-0.15, -0.1) is 0 Å². The van der Waals surface area contributed by atoms with E-state index in [1.54, 1.807) is 12.1 Å². The Bertz CT molecular complexity index is 1330. The van der Waals surface area contributed by atoms with Gasteiger partial charge in [0, 0.05) is 17.4 Å². The lowest BCUT2D eigenvalue weighted by atomic mass is 9.98. The molecule has 0 radical (unpaired) electrons. The van der Waals surface area contributed by atoms with Crippen molar-refractivity contribution >= 4 is 50.1 Å². The van der Waals surface area contributed by atoms with Crippen molar-refractivity contribution in [3.8, 4) is 0 Å². The van der Waals surface area contributed by atoms with Gasteiger partial charge in [-0.05, 0) is 58.2 Å². The number of furan rings is 1. The van der Waals surface area contributed by atoms with Crippen molar-refractivity contribution < 1.29 is 9.21 Å². The molecule has 1 unspecified atom stereocenters. The molecular formula is C24H17BrClN3O2. The highest BCUT2D eigenvalue weighted by molar-refractivity contribution is 9.10. The molecule has 0 saturated heterocycles. The van der Waals surface area contributed by atoms with Gasteiger partial charge in [0.1, 0.15) is 5.15 Å². The Labute approximate surface area is 192 Å². The largest absolute Gasteiger partial charge is 0.444 e. The Balaban J connectivity index is 1.60. The van der Waals surface area contributed by atoms with E-state index in [1.165, 1.54) is 5.01 Å². The maximum Gasteiger partial charge on any atom is 0.310 e. The van der Waals surface area contributed by atoms with Crippen LogP contribution in [0.4, 0.5) is 0 Å². The van der Waals surface area contributed by atoms with Crippen molar-refractivity contribution in [3.63, 3.8) is 0 Å². The van der Waals surface area contributed by atoms with Crippen LogP contribution < -0.4 is 0 Å². The van der Waals surface area contributed by atoms with Gasteiger partial charge in [-0.1, -0.05) is 54.1 Å². The number of aryl methyl sites for hydroxylation is 1. The lowest BCUT2D eigenvalue weighted by Crippen LogP contribution is -2.27. The second kappa shape index (κ2) is 7.94. The van der Waals surface area contributed by atoms with E-state index < -0.39 is 6.04 Å². The van der Waals surface area contributed by atoms with Crippen LogP contribution >= 0.6 is 27.5 Å². The summed E-state index contributed by atoms with van der Waals surface area (Å²) in [5.41, 5.74) is 4.46. The average Bonchev–Trinajstić information content (AvgIpc) is 3.40. The molecule has 0 aliphatic carbocycles. The summed E-state index contributed by atoms with van der Waals surface area (Å²) < 4.78 is 5.99. The highest BCUT2D eigenvalue weighted by atomic mass is 79.9. The molecule has 0 bridgehead atoms. The molecule has 5 nitrogen and oxygen atoms in total. The number of amides is 1. The molecule has 0 N–H and O–H groups in total. The van der Waals surface area contributed by atoms with E-state index in [9.17, 15) is 4.79 Å². The first kappa shape index (κ1) is 20.0. The predicted molar refractivity (Wildman–Crippen MR) is 124 cm³/mol. The van der Waals surface area contributed by atoms with Crippen LogP contribution in [-0.2, 0) is 0 Å². The number of fused-ring (bicyclic) bond motifs is 1. The SMILES string of the molecule is Cc1ccc2cc(C3CC(c4ccccc4)=NN3C(=O)c3ccc(Br)o3)c(Cl)nc2c1. The summed E-state index contributed by atoms with van der Waals surface area (Å²) in [6, 6.07) is 20.8. The van der Waals surface area contributed by atoms with Crippen LogP contribution in [0, 0.1) is 6.92 Å². The molecule has 3 heterocycles. The first-order valence-electron chi connectivity index (χ1n) is 9.78. The number of hydrogen-bond acceptors (Lipinski definition) is 4. The van der Waals surface area contributed by atoms with Crippen LogP contribution in [-0.4, -0.2) is 21.6 Å². The molecule has 7 heteroatoms. The molecule has 2 aromatic carbocycles. The number of hydrazone groups is 1. The van der Waals surface area contributed by atoms with Crippen LogP contribution in [0.3, 0.4) is 0 Å². The van der Waals surface area contributed by atoms with Crippen molar-refractivity contribution in [1.82, 2.24) is 9.99 Å². The Hall–Kier alpha value is -2.96. The Kier molecular flexibility index (Phi) is 5.12. The molecule has 5 rings (SSSR count). The molecule has 0 saturated carbocycles. The van der Waals surface area contributed by atoms with E-state index in [1.807, 2.05) is 61.5 Å². The third-order valence-electron chi connectivity index (χ3n) is 5.32. The molecule has 4 aromatic rings.